The van der Waals surface area contributed by atoms with Crippen molar-refractivity contribution >= 4 is 16.5 Å². The van der Waals surface area contributed by atoms with Crippen LogP contribution in [-0.4, -0.2) is 33.0 Å². The van der Waals surface area contributed by atoms with Gasteiger partial charge >= 0.3 is 0 Å². The second-order valence-corrected chi connectivity index (χ2v) is 6.68. The van der Waals surface area contributed by atoms with E-state index in [2.05, 4.69) is 20.3 Å². The lowest BCUT2D eigenvalue weighted by molar-refractivity contribution is 0.182. The van der Waals surface area contributed by atoms with Crippen LogP contribution in [0.2, 0.25) is 0 Å². The lowest BCUT2D eigenvalue weighted by Crippen LogP contribution is -2.30. The van der Waals surface area contributed by atoms with Gasteiger partial charge in [-0.2, -0.15) is 0 Å². The predicted octanol–water partition coefficient (Wildman–Crippen LogP) is 3.03. The molecule has 0 amide bonds. The van der Waals surface area contributed by atoms with Crippen molar-refractivity contribution in [1.82, 2.24) is 15.4 Å². The van der Waals surface area contributed by atoms with E-state index in [9.17, 15) is 9.50 Å². The normalized spacial score (nSPS) is 15.4. The Morgan fingerprint density at radius 1 is 1.25 bits per heavy atom. The van der Waals surface area contributed by atoms with Gasteiger partial charge in [0.1, 0.15) is 17.8 Å². The number of anilines is 1. The molecule has 2 heterocycles. The van der Waals surface area contributed by atoms with E-state index in [4.69, 9.17) is 4.52 Å². The first-order valence-corrected chi connectivity index (χ1v) is 8.47. The van der Waals surface area contributed by atoms with Gasteiger partial charge in [-0.15, -0.1) is 10.2 Å². The van der Waals surface area contributed by atoms with E-state index in [1.165, 1.54) is 29.7 Å². The molecule has 1 saturated carbocycles. The van der Waals surface area contributed by atoms with E-state index in [1.54, 1.807) is 18.2 Å². The van der Waals surface area contributed by atoms with E-state index in [0.29, 0.717) is 28.9 Å². The largest absolute Gasteiger partial charge is 0.387 e. The first kappa shape index (κ1) is 15.2. The third-order valence-corrected chi connectivity index (χ3v) is 4.91. The summed E-state index contributed by atoms with van der Waals surface area (Å²) >= 11 is 1.42. The summed E-state index contributed by atoms with van der Waals surface area (Å²) in [7, 11) is 0. The quantitative estimate of drug-likeness (QED) is 0.739. The fourth-order valence-corrected chi connectivity index (χ4v) is 3.39. The molecule has 6 nitrogen and oxygen atoms in total. The minimum atomic E-state index is -0.717. The Kier molecular flexibility index (Phi) is 3.99. The first-order valence-electron chi connectivity index (χ1n) is 7.65. The molecule has 3 aromatic rings. The van der Waals surface area contributed by atoms with Gasteiger partial charge in [-0.1, -0.05) is 28.6 Å². The number of aromatic nitrogens is 3. The highest BCUT2D eigenvalue weighted by molar-refractivity contribution is 7.18. The van der Waals surface area contributed by atoms with Gasteiger partial charge in [-0.3, -0.25) is 0 Å². The zero-order valence-corrected chi connectivity index (χ0v) is 13.5. The molecule has 24 heavy (non-hydrogen) atoms. The molecule has 0 radical (unpaired) electrons. The molecule has 1 aliphatic rings. The fraction of sp³-hybridized carbons (Fsp3) is 0.312. The van der Waals surface area contributed by atoms with Crippen LogP contribution < -0.4 is 4.90 Å². The molecule has 1 unspecified atom stereocenters. The van der Waals surface area contributed by atoms with E-state index >= 15 is 0 Å². The molecule has 1 atom stereocenters. The summed E-state index contributed by atoms with van der Waals surface area (Å²) in [6.45, 7) is 0.393. The van der Waals surface area contributed by atoms with Crippen LogP contribution in [0.5, 0.6) is 0 Å². The molecular formula is C16H15FN4O2S. The van der Waals surface area contributed by atoms with Crippen LogP contribution in [0, 0.1) is 5.82 Å². The summed E-state index contributed by atoms with van der Waals surface area (Å²) in [5.74, 6) is -0.314. The smallest absolute Gasteiger partial charge is 0.209 e. The van der Waals surface area contributed by atoms with Gasteiger partial charge < -0.3 is 14.5 Å². The van der Waals surface area contributed by atoms with Crippen LogP contribution in [0.1, 0.15) is 24.5 Å². The number of hydrogen-bond acceptors (Lipinski definition) is 7. The maximum atomic E-state index is 13.0. The van der Waals surface area contributed by atoms with E-state index in [-0.39, 0.29) is 5.82 Å². The summed E-state index contributed by atoms with van der Waals surface area (Å²) in [4.78, 5) is 2.06. The summed E-state index contributed by atoms with van der Waals surface area (Å²) in [5, 5.41) is 24.2. The summed E-state index contributed by atoms with van der Waals surface area (Å²) in [6, 6.07) is 8.01. The van der Waals surface area contributed by atoms with Gasteiger partial charge in [0, 0.05) is 12.1 Å². The van der Waals surface area contributed by atoms with Crippen molar-refractivity contribution in [3.63, 3.8) is 0 Å². The topological polar surface area (TPSA) is 75.3 Å². The van der Waals surface area contributed by atoms with Crippen molar-refractivity contribution in [3.05, 3.63) is 48.0 Å². The van der Waals surface area contributed by atoms with Crippen molar-refractivity contribution in [2.24, 2.45) is 0 Å². The molecule has 2 aromatic heterocycles. The van der Waals surface area contributed by atoms with Crippen molar-refractivity contribution in [1.29, 1.82) is 0 Å². The zero-order chi connectivity index (χ0) is 16.5. The molecule has 1 fully saturated rings. The molecule has 0 saturated heterocycles. The standard InChI is InChI=1S/C16H15FN4O2S/c17-11-3-1-10(2-4-11)14(22)9-21(12-5-6-12)16-19-18-15(24-16)13-7-8-23-20-13/h1-4,7-8,12,14,22H,5-6,9H2. The van der Waals surface area contributed by atoms with Crippen LogP contribution in [-0.2, 0) is 0 Å². The number of rotatable bonds is 6. The van der Waals surface area contributed by atoms with Gasteiger partial charge in [0.25, 0.3) is 0 Å². The zero-order valence-electron chi connectivity index (χ0n) is 12.7. The van der Waals surface area contributed by atoms with E-state index < -0.39 is 6.10 Å². The number of benzene rings is 1. The molecule has 4 rings (SSSR count). The molecule has 0 bridgehead atoms. The first-order chi connectivity index (χ1) is 11.7. The Balaban J connectivity index is 1.53. The Bertz CT molecular complexity index is 802. The second kappa shape index (κ2) is 6.29. The predicted molar refractivity (Wildman–Crippen MR) is 87.1 cm³/mol. The Hall–Kier alpha value is -2.32. The molecule has 0 aliphatic heterocycles. The lowest BCUT2D eigenvalue weighted by atomic mass is 10.1. The van der Waals surface area contributed by atoms with Gasteiger partial charge in [0.05, 0.1) is 12.6 Å². The number of aliphatic hydroxyl groups excluding tert-OH is 1. The van der Waals surface area contributed by atoms with Gasteiger partial charge in [-0.05, 0) is 30.5 Å². The third kappa shape index (κ3) is 3.15. The summed E-state index contributed by atoms with van der Waals surface area (Å²) in [6.07, 6.45) is 2.91. The van der Waals surface area contributed by atoms with E-state index in [0.717, 1.165) is 18.0 Å². The minimum absolute atomic E-state index is 0.314. The number of aliphatic hydroxyl groups is 1. The van der Waals surface area contributed by atoms with Crippen LogP contribution in [0.15, 0.2) is 41.1 Å². The maximum absolute atomic E-state index is 13.0. The van der Waals surface area contributed by atoms with Crippen LogP contribution >= 0.6 is 11.3 Å². The monoisotopic (exact) mass is 346 g/mol. The van der Waals surface area contributed by atoms with Crippen LogP contribution in [0.3, 0.4) is 0 Å². The van der Waals surface area contributed by atoms with Crippen LogP contribution in [0.25, 0.3) is 10.7 Å². The highest BCUT2D eigenvalue weighted by atomic mass is 32.1. The summed E-state index contributed by atoms with van der Waals surface area (Å²) in [5.41, 5.74) is 1.33. The third-order valence-electron chi connectivity index (χ3n) is 3.93. The van der Waals surface area contributed by atoms with Crippen molar-refractivity contribution in [3.8, 4) is 10.7 Å². The number of nitrogens with zero attached hydrogens (tertiary/aromatic N) is 4. The molecule has 124 valence electrons. The van der Waals surface area contributed by atoms with Gasteiger partial charge in [0.2, 0.25) is 5.13 Å². The molecule has 8 heteroatoms. The Labute approximate surface area is 141 Å². The van der Waals surface area contributed by atoms with Gasteiger partial charge in [-0.25, -0.2) is 4.39 Å². The van der Waals surface area contributed by atoms with Crippen molar-refractivity contribution in [2.75, 3.05) is 11.4 Å². The highest BCUT2D eigenvalue weighted by Crippen LogP contribution is 2.36. The second-order valence-electron chi connectivity index (χ2n) is 5.73. The number of hydrogen-bond donors (Lipinski definition) is 1. The molecule has 1 N–H and O–H groups in total. The lowest BCUT2D eigenvalue weighted by Gasteiger charge is -2.24. The Morgan fingerprint density at radius 2 is 2.04 bits per heavy atom. The SMILES string of the molecule is OC(CN(c1nnc(-c2ccon2)s1)C1CC1)c1ccc(F)cc1. The molecule has 1 aromatic carbocycles. The van der Waals surface area contributed by atoms with Crippen molar-refractivity contribution in [2.45, 2.75) is 25.0 Å². The minimum Gasteiger partial charge on any atom is -0.387 e. The fourth-order valence-electron chi connectivity index (χ4n) is 2.50. The van der Waals surface area contributed by atoms with E-state index in [1.807, 2.05) is 0 Å². The summed E-state index contributed by atoms with van der Waals surface area (Å²) < 4.78 is 17.9. The average molecular weight is 346 g/mol. The maximum Gasteiger partial charge on any atom is 0.209 e. The van der Waals surface area contributed by atoms with Crippen molar-refractivity contribution < 1.29 is 14.0 Å². The highest BCUT2D eigenvalue weighted by Gasteiger charge is 2.33. The average Bonchev–Trinajstić information content (AvgIpc) is 3.08. The number of halogens is 1. The Morgan fingerprint density at radius 3 is 2.71 bits per heavy atom. The molecule has 0 spiro atoms. The molecular weight excluding hydrogens is 331 g/mol. The van der Waals surface area contributed by atoms with Gasteiger partial charge in [0.15, 0.2) is 5.01 Å². The van der Waals surface area contributed by atoms with Crippen LogP contribution in [0.4, 0.5) is 9.52 Å². The molecule has 1 aliphatic carbocycles.